The zero-order chi connectivity index (χ0) is 10.4. The van der Waals surface area contributed by atoms with E-state index in [1.807, 2.05) is 23.9 Å². The molecular formula is C11H17NOS. The summed E-state index contributed by atoms with van der Waals surface area (Å²) in [7, 11) is 1.68. The molecule has 3 heteroatoms. The Kier molecular flexibility index (Phi) is 4.84. The van der Waals surface area contributed by atoms with Gasteiger partial charge in [-0.2, -0.15) is 11.8 Å². The van der Waals surface area contributed by atoms with E-state index in [1.54, 1.807) is 7.11 Å². The van der Waals surface area contributed by atoms with E-state index < -0.39 is 0 Å². The van der Waals surface area contributed by atoms with Crippen LogP contribution in [0.4, 0.5) is 0 Å². The van der Waals surface area contributed by atoms with E-state index in [4.69, 9.17) is 10.5 Å². The van der Waals surface area contributed by atoms with Gasteiger partial charge in [-0.25, -0.2) is 0 Å². The fourth-order valence-corrected chi connectivity index (χ4v) is 2.21. The van der Waals surface area contributed by atoms with Crippen LogP contribution in [-0.4, -0.2) is 19.4 Å². The van der Waals surface area contributed by atoms with Crippen LogP contribution in [0.1, 0.15) is 17.7 Å². The van der Waals surface area contributed by atoms with Gasteiger partial charge >= 0.3 is 0 Å². The van der Waals surface area contributed by atoms with Crippen LogP contribution in [0, 0.1) is 0 Å². The van der Waals surface area contributed by atoms with Crippen LogP contribution >= 0.6 is 11.8 Å². The van der Waals surface area contributed by atoms with E-state index in [0.29, 0.717) is 11.8 Å². The normalized spacial score (nSPS) is 12.5. The van der Waals surface area contributed by atoms with Crippen molar-refractivity contribution in [2.75, 3.05) is 19.4 Å². The van der Waals surface area contributed by atoms with E-state index in [2.05, 4.69) is 19.1 Å². The Balaban J connectivity index is 2.73. The quantitative estimate of drug-likeness (QED) is 0.812. The van der Waals surface area contributed by atoms with Crippen LogP contribution in [0.5, 0.6) is 5.75 Å². The summed E-state index contributed by atoms with van der Waals surface area (Å²) in [5, 5.41) is 0.408. The molecule has 0 aromatic heterocycles. The molecule has 0 amide bonds. The van der Waals surface area contributed by atoms with Gasteiger partial charge < -0.3 is 10.5 Å². The minimum absolute atomic E-state index is 0.408. The zero-order valence-corrected chi connectivity index (χ0v) is 9.51. The van der Waals surface area contributed by atoms with E-state index in [1.165, 1.54) is 5.56 Å². The summed E-state index contributed by atoms with van der Waals surface area (Å²) in [4.78, 5) is 0. The molecule has 0 aliphatic heterocycles. The molecule has 0 aliphatic rings. The van der Waals surface area contributed by atoms with Crippen molar-refractivity contribution >= 4 is 11.8 Å². The van der Waals surface area contributed by atoms with Crippen molar-refractivity contribution in [2.45, 2.75) is 12.2 Å². The van der Waals surface area contributed by atoms with Gasteiger partial charge in [-0.1, -0.05) is 19.1 Å². The molecule has 2 N–H and O–H groups in total. The Hall–Kier alpha value is -0.670. The van der Waals surface area contributed by atoms with Gasteiger partial charge in [-0.3, -0.25) is 0 Å². The summed E-state index contributed by atoms with van der Waals surface area (Å²) >= 11 is 1.88. The number of benzene rings is 1. The highest BCUT2D eigenvalue weighted by Gasteiger charge is 2.08. The van der Waals surface area contributed by atoms with Gasteiger partial charge in [0.25, 0.3) is 0 Å². The first-order valence-corrected chi connectivity index (χ1v) is 5.82. The van der Waals surface area contributed by atoms with Crippen LogP contribution in [0.2, 0.25) is 0 Å². The van der Waals surface area contributed by atoms with Crippen molar-refractivity contribution in [1.29, 1.82) is 0 Å². The Bertz CT molecular complexity index is 260. The number of thioether (sulfide) groups is 1. The van der Waals surface area contributed by atoms with E-state index in [0.717, 1.165) is 11.5 Å². The van der Waals surface area contributed by atoms with Crippen molar-refractivity contribution in [3.63, 3.8) is 0 Å². The SMILES string of the molecule is CCSC(CN)c1ccc(OC)cc1. The third-order valence-corrected chi connectivity index (χ3v) is 3.27. The van der Waals surface area contributed by atoms with Crippen molar-refractivity contribution in [2.24, 2.45) is 5.73 Å². The predicted molar refractivity (Wildman–Crippen MR) is 62.9 cm³/mol. The Morgan fingerprint density at radius 1 is 1.36 bits per heavy atom. The molecule has 0 bridgehead atoms. The first-order chi connectivity index (χ1) is 6.81. The smallest absolute Gasteiger partial charge is 0.118 e. The van der Waals surface area contributed by atoms with E-state index in [9.17, 15) is 0 Å². The molecule has 0 radical (unpaired) electrons. The van der Waals surface area contributed by atoms with Crippen LogP contribution in [0.25, 0.3) is 0 Å². The number of hydrogen-bond acceptors (Lipinski definition) is 3. The largest absolute Gasteiger partial charge is 0.497 e. The molecular weight excluding hydrogens is 194 g/mol. The van der Waals surface area contributed by atoms with Crippen LogP contribution in [0.15, 0.2) is 24.3 Å². The number of ether oxygens (including phenoxy) is 1. The van der Waals surface area contributed by atoms with Crippen LogP contribution in [0.3, 0.4) is 0 Å². The van der Waals surface area contributed by atoms with Crippen molar-refractivity contribution in [3.8, 4) is 5.75 Å². The minimum Gasteiger partial charge on any atom is -0.497 e. The fraction of sp³-hybridized carbons (Fsp3) is 0.455. The topological polar surface area (TPSA) is 35.2 Å². The number of methoxy groups -OCH3 is 1. The summed E-state index contributed by atoms with van der Waals surface area (Å²) in [6, 6.07) is 8.13. The molecule has 1 atom stereocenters. The van der Waals surface area contributed by atoms with Gasteiger partial charge in [0.05, 0.1) is 7.11 Å². The highest BCUT2D eigenvalue weighted by Crippen LogP contribution is 2.28. The Morgan fingerprint density at radius 3 is 2.43 bits per heavy atom. The molecule has 0 saturated carbocycles. The lowest BCUT2D eigenvalue weighted by Gasteiger charge is -2.13. The second kappa shape index (κ2) is 5.94. The molecule has 2 nitrogen and oxygen atoms in total. The number of nitrogens with two attached hydrogens (primary N) is 1. The summed E-state index contributed by atoms with van der Waals surface area (Å²) in [6.45, 7) is 2.84. The third-order valence-electron chi connectivity index (χ3n) is 2.07. The summed E-state index contributed by atoms with van der Waals surface area (Å²) < 4.78 is 5.10. The molecule has 1 aromatic carbocycles. The average Bonchev–Trinajstić information content (AvgIpc) is 2.26. The summed E-state index contributed by atoms with van der Waals surface area (Å²) in [6.07, 6.45) is 0. The van der Waals surface area contributed by atoms with Gasteiger partial charge in [0.1, 0.15) is 5.75 Å². The second-order valence-corrected chi connectivity index (χ2v) is 4.43. The van der Waals surface area contributed by atoms with Crippen molar-refractivity contribution in [3.05, 3.63) is 29.8 Å². The molecule has 78 valence electrons. The van der Waals surface area contributed by atoms with E-state index in [-0.39, 0.29) is 0 Å². The predicted octanol–water partition coefficient (Wildman–Crippen LogP) is 2.45. The molecule has 14 heavy (non-hydrogen) atoms. The van der Waals surface area contributed by atoms with Gasteiger partial charge in [0.15, 0.2) is 0 Å². The van der Waals surface area contributed by atoms with Gasteiger partial charge in [0, 0.05) is 11.8 Å². The highest BCUT2D eigenvalue weighted by molar-refractivity contribution is 7.99. The Morgan fingerprint density at radius 2 is 2.00 bits per heavy atom. The maximum Gasteiger partial charge on any atom is 0.118 e. The third kappa shape index (κ3) is 2.93. The molecule has 1 aromatic rings. The first-order valence-electron chi connectivity index (χ1n) is 4.77. The lowest BCUT2D eigenvalue weighted by atomic mass is 10.1. The molecule has 0 spiro atoms. The maximum atomic E-state index is 5.71. The molecule has 0 fully saturated rings. The fourth-order valence-electron chi connectivity index (χ4n) is 1.32. The minimum atomic E-state index is 0.408. The zero-order valence-electron chi connectivity index (χ0n) is 8.69. The van der Waals surface area contributed by atoms with Gasteiger partial charge in [-0.15, -0.1) is 0 Å². The highest BCUT2D eigenvalue weighted by atomic mass is 32.2. The van der Waals surface area contributed by atoms with Crippen molar-refractivity contribution < 1.29 is 4.74 Å². The monoisotopic (exact) mass is 211 g/mol. The molecule has 0 aliphatic carbocycles. The first kappa shape index (κ1) is 11.4. The average molecular weight is 211 g/mol. The Labute approximate surface area is 89.8 Å². The lowest BCUT2D eigenvalue weighted by molar-refractivity contribution is 0.414. The molecule has 1 unspecified atom stereocenters. The van der Waals surface area contributed by atoms with Crippen LogP contribution < -0.4 is 10.5 Å². The standard InChI is InChI=1S/C11H17NOS/c1-3-14-11(8-12)9-4-6-10(13-2)7-5-9/h4-7,11H,3,8,12H2,1-2H3. The molecule has 0 heterocycles. The van der Waals surface area contributed by atoms with Crippen molar-refractivity contribution in [1.82, 2.24) is 0 Å². The van der Waals surface area contributed by atoms with Gasteiger partial charge in [0.2, 0.25) is 0 Å². The molecule has 1 rings (SSSR count). The van der Waals surface area contributed by atoms with Gasteiger partial charge in [-0.05, 0) is 23.4 Å². The summed E-state index contributed by atoms with van der Waals surface area (Å²) in [5.41, 5.74) is 6.99. The summed E-state index contributed by atoms with van der Waals surface area (Å²) in [5.74, 6) is 1.99. The number of hydrogen-bond donors (Lipinski definition) is 1. The lowest BCUT2D eigenvalue weighted by Crippen LogP contribution is -2.09. The van der Waals surface area contributed by atoms with Crippen LogP contribution in [-0.2, 0) is 0 Å². The maximum absolute atomic E-state index is 5.71. The number of rotatable bonds is 5. The second-order valence-electron chi connectivity index (χ2n) is 2.95. The molecule has 0 saturated heterocycles. The van der Waals surface area contributed by atoms with E-state index >= 15 is 0 Å².